The van der Waals surface area contributed by atoms with E-state index < -0.39 is 17.0 Å². The number of methoxy groups -OCH3 is 2. The predicted molar refractivity (Wildman–Crippen MR) is 104 cm³/mol. The molecule has 4 nitrogen and oxygen atoms in total. The van der Waals surface area contributed by atoms with Crippen molar-refractivity contribution >= 4 is 12.2 Å². The average Bonchev–Trinajstić information content (AvgIpc) is 2.64. The first-order chi connectivity index (χ1) is 12.8. The number of hydrogen-bond acceptors (Lipinski definition) is 4. The van der Waals surface area contributed by atoms with Gasteiger partial charge in [-0.05, 0) is 56.7 Å². The fourth-order valence-electron chi connectivity index (χ4n) is 2.87. The van der Waals surface area contributed by atoms with E-state index in [1.165, 1.54) is 6.07 Å². The Morgan fingerprint density at radius 1 is 0.926 bits per heavy atom. The molecular formula is C22H24FNO3. The van der Waals surface area contributed by atoms with Crippen LogP contribution < -0.4 is 15.3 Å². The Balaban J connectivity index is 2.23. The van der Waals surface area contributed by atoms with Gasteiger partial charge >= 0.3 is 0 Å². The second-order valence-electron chi connectivity index (χ2n) is 7.04. The molecule has 1 aliphatic carbocycles. The van der Waals surface area contributed by atoms with E-state index in [1.54, 1.807) is 32.5 Å². The van der Waals surface area contributed by atoms with Crippen molar-refractivity contribution in [3.63, 3.8) is 0 Å². The van der Waals surface area contributed by atoms with Gasteiger partial charge in [0, 0.05) is 25.6 Å². The van der Waals surface area contributed by atoms with Crippen molar-refractivity contribution < 1.29 is 18.6 Å². The highest BCUT2D eigenvalue weighted by atomic mass is 19.1. The summed E-state index contributed by atoms with van der Waals surface area (Å²) < 4.78 is 31.5. The third kappa shape index (κ3) is 4.10. The van der Waals surface area contributed by atoms with Crippen LogP contribution in [-0.2, 0) is 9.47 Å². The van der Waals surface area contributed by atoms with Crippen LogP contribution in [-0.4, -0.2) is 30.4 Å². The van der Waals surface area contributed by atoms with Crippen molar-refractivity contribution in [2.24, 2.45) is 0 Å². The summed E-state index contributed by atoms with van der Waals surface area (Å²) in [6, 6.07) is 6.59. The molecule has 1 aromatic carbocycles. The Bertz CT molecular complexity index is 1000. The molecule has 0 aliphatic heterocycles. The zero-order valence-electron chi connectivity index (χ0n) is 16.2. The lowest BCUT2D eigenvalue weighted by molar-refractivity contribution is 0.0887. The molecule has 0 bridgehead atoms. The molecular weight excluding hydrogens is 345 g/mol. The quantitative estimate of drug-likeness (QED) is 0.776. The lowest BCUT2D eigenvalue weighted by Gasteiger charge is -2.27. The Kier molecular flexibility index (Phi) is 5.18. The maximum Gasteiger partial charge on any atom is 0.165 e. The van der Waals surface area contributed by atoms with Gasteiger partial charge in [0.25, 0.3) is 0 Å². The zero-order valence-corrected chi connectivity index (χ0v) is 16.2. The molecule has 142 valence electrons. The fraction of sp³-hybridized carbons (Fsp3) is 0.318. The largest absolute Gasteiger partial charge is 0.454 e. The first-order valence-electron chi connectivity index (χ1n) is 8.73. The summed E-state index contributed by atoms with van der Waals surface area (Å²) in [6.45, 7) is 5.70. The van der Waals surface area contributed by atoms with E-state index >= 15 is 0 Å². The van der Waals surface area contributed by atoms with Gasteiger partial charge in [0.2, 0.25) is 0 Å². The van der Waals surface area contributed by atoms with E-state index in [2.05, 4.69) is 4.98 Å². The highest BCUT2D eigenvalue weighted by Crippen LogP contribution is 2.24. The summed E-state index contributed by atoms with van der Waals surface area (Å²) in [7, 11) is 3.27. The molecule has 0 N–H and O–H groups in total. The molecule has 1 heterocycles. The molecule has 0 fully saturated rings. The second kappa shape index (κ2) is 7.25. The van der Waals surface area contributed by atoms with Gasteiger partial charge in [0.15, 0.2) is 11.6 Å². The maximum absolute atomic E-state index is 14.3. The third-order valence-electron chi connectivity index (χ3n) is 4.77. The number of aryl methyl sites for hydroxylation is 1. The molecule has 1 aliphatic rings. The van der Waals surface area contributed by atoms with Crippen LogP contribution in [0.2, 0.25) is 0 Å². The van der Waals surface area contributed by atoms with Gasteiger partial charge in [-0.25, -0.2) is 4.39 Å². The van der Waals surface area contributed by atoms with Crippen molar-refractivity contribution in [3.8, 4) is 11.5 Å². The zero-order chi connectivity index (χ0) is 19.7. The number of benzene rings is 1. The van der Waals surface area contributed by atoms with Gasteiger partial charge in [-0.2, -0.15) is 0 Å². The molecule has 0 spiro atoms. The van der Waals surface area contributed by atoms with Gasteiger partial charge < -0.3 is 14.2 Å². The summed E-state index contributed by atoms with van der Waals surface area (Å²) in [5, 5.41) is 1.39. The number of nitrogens with zero attached hydrogens (tertiary/aromatic N) is 1. The van der Waals surface area contributed by atoms with Crippen LogP contribution in [0.4, 0.5) is 4.39 Å². The molecule has 27 heavy (non-hydrogen) atoms. The van der Waals surface area contributed by atoms with Crippen molar-refractivity contribution in [2.45, 2.75) is 32.0 Å². The summed E-state index contributed by atoms with van der Waals surface area (Å²) in [6.07, 6.45) is 9.32. The highest BCUT2D eigenvalue weighted by Gasteiger charge is 2.25. The Hall–Kier alpha value is -2.50. The lowest BCUT2D eigenvalue weighted by atomic mass is 9.95. The van der Waals surface area contributed by atoms with Crippen LogP contribution in [0.25, 0.3) is 12.2 Å². The monoisotopic (exact) mass is 369 g/mol. The summed E-state index contributed by atoms with van der Waals surface area (Å²) >= 11 is 0. The molecule has 0 radical (unpaired) electrons. The van der Waals surface area contributed by atoms with E-state index in [1.807, 2.05) is 51.1 Å². The summed E-state index contributed by atoms with van der Waals surface area (Å²) in [4.78, 5) is 4.47. The van der Waals surface area contributed by atoms with Crippen LogP contribution in [0.5, 0.6) is 11.5 Å². The van der Waals surface area contributed by atoms with Crippen molar-refractivity contribution in [3.05, 3.63) is 64.6 Å². The van der Waals surface area contributed by atoms with Gasteiger partial charge in [-0.3, -0.25) is 4.98 Å². The van der Waals surface area contributed by atoms with Gasteiger partial charge in [-0.15, -0.1) is 0 Å². The number of pyridine rings is 1. The Morgan fingerprint density at radius 2 is 1.59 bits per heavy atom. The Labute approximate surface area is 158 Å². The maximum atomic E-state index is 14.3. The minimum atomic E-state index is -0.699. The minimum Gasteiger partial charge on any atom is -0.454 e. The molecule has 2 atom stereocenters. The normalized spacial score (nSPS) is 27.9. The topological polar surface area (TPSA) is 40.6 Å². The molecule has 2 aromatic rings. The number of halogens is 1. The Morgan fingerprint density at radius 3 is 2.22 bits per heavy atom. The average molecular weight is 369 g/mol. The van der Waals surface area contributed by atoms with E-state index in [9.17, 15) is 4.39 Å². The minimum absolute atomic E-state index is 0.161. The van der Waals surface area contributed by atoms with Crippen molar-refractivity contribution in [1.82, 2.24) is 4.98 Å². The van der Waals surface area contributed by atoms with Gasteiger partial charge in [-0.1, -0.05) is 18.2 Å². The number of hydrogen-bond donors (Lipinski definition) is 0. The van der Waals surface area contributed by atoms with E-state index in [-0.39, 0.29) is 5.75 Å². The smallest absolute Gasteiger partial charge is 0.165 e. The SMILES string of the molecule is COC1(C)/C=C\C(C)(OC)/C=c2/c(Oc3ccc(C)cc3F)ccn/c2=C/1. The van der Waals surface area contributed by atoms with Crippen LogP contribution in [0.15, 0.2) is 42.6 Å². The fourth-order valence-corrected chi connectivity index (χ4v) is 2.87. The number of rotatable bonds is 4. The van der Waals surface area contributed by atoms with Crippen LogP contribution in [0, 0.1) is 12.7 Å². The second-order valence-corrected chi connectivity index (χ2v) is 7.04. The first-order valence-corrected chi connectivity index (χ1v) is 8.73. The molecule has 0 saturated heterocycles. The van der Waals surface area contributed by atoms with E-state index in [0.717, 1.165) is 10.8 Å². The first kappa shape index (κ1) is 19.3. The molecule has 0 saturated carbocycles. The summed E-state index contributed by atoms with van der Waals surface area (Å²) in [5.41, 5.74) is -0.531. The van der Waals surface area contributed by atoms with Gasteiger partial charge in [0.1, 0.15) is 17.0 Å². The number of fused-ring (bicyclic) bond motifs is 1. The van der Waals surface area contributed by atoms with Crippen LogP contribution >= 0.6 is 0 Å². The van der Waals surface area contributed by atoms with Crippen molar-refractivity contribution in [2.75, 3.05) is 14.2 Å². The molecule has 1 aromatic heterocycles. The van der Waals surface area contributed by atoms with Crippen molar-refractivity contribution in [1.29, 1.82) is 0 Å². The highest BCUT2D eigenvalue weighted by molar-refractivity contribution is 5.51. The standard InChI is InChI=1S/C22H24FNO3/c1-15-6-7-20(17(23)12-15)27-19-8-11-24-18-14-22(3,26-5)10-9-21(2,25-4)13-16(18)19/h6-14H,1-5H3/b10-9-,16-13+,18-14+. The number of aromatic nitrogens is 1. The molecule has 0 amide bonds. The van der Waals surface area contributed by atoms with E-state index in [4.69, 9.17) is 14.2 Å². The van der Waals surface area contributed by atoms with Gasteiger partial charge in [0.05, 0.1) is 5.35 Å². The lowest BCUT2D eigenvalue weighted by Crippen LogP contribution is -2.40. The van der Waals surface area contributed by atoms with Crippen LogP contribution in [0.1, 0.15) is 19.4 Å². The number of ether oxygens (including phenoxy) is 3. The molecule has 3 rings (SSSR count). The molecule has 5 heteroatoms. The third-order valence-corrected chi connectivity index (χ3v) is 4.77. The van der Waals surface area contributed by atoms with Crippen LogP contribution in [0.3, 0.4) is 0 Å². The molecule has 2 unspecified atom stereocenters. The summed E-state index contributed by atoms with van der Waals surface area (Å²) in [5.74, 6) is 0.246. The van der Waals surface area contributed by atoms with E-state index in [0.29, 0.717) is 11.1 Å². The predicted octanol–water partition coefficient (Wildman–Crippen LogP) is 3.26.